The zero-order valence-electron chi connectivity index (χ0n) is 47.3. The predicted molar refractivity (Wildman–Crippen MR) is 306 cm³/mol. The van der Waals surface area contributed by atoms with Crippen LogP contribution in [-0.2, 0) is 14.3 Å². The number of aliphatic hydroxyl groups is 2. The highest BCUT2D eigenvalue weighted by Crippen LogP contribution is 2.18. The Balaban J connectivity index is 3.46. The fraction of sp³-hybridized carbons (Fsp3) is 0.906. The first-order chi connectivity index (χ1) is 34.5. The number of allylic oxidation sites excluding steroid dienone is 3. The lowest BCUT2D eigenvalue weighted by molar-refractivity contribution is -0.143. The van der Waals surface area contributed by atoms with Crippen LogP contribution in [0.4, 0.5) is 0 Å². The van der Waals surface area contributed by atoms with Crippen LogP contribution in [0, 0.1) is 0 Å². The topological polar surface area (TPSA) is 95.9 Å². The summed E-state index contributed by atoms with van der Waals surface area (Å²) in [6, 6.07) is -0.637. The molecular weight excluding hydrogens is 863 g/mol. The zero-order valence-corrected chi connectivity index (χ0v) is 47.3. The van der Waals surface area contributed by atoms with E-state index >= 15 is 0 Å². The van der Waals surface area contributed by atoms with Gasteiger partial charge in [0.2, 0.25) is 5.91 Å². The minimum absolute atomic E-state index is 0.00995. The van der Waals surface area contributed by atoms with E-state index in [-0.39, 0.29) is 18.5 Å². The normalized spacial score (nSPS) is 12.7. The van der Waals surface area contributed by atoms with Crippen molar-refractivity contribution in [2.24, 2.45) is 0 Å². The van der Waals surface area contributed by atoms with Gasteiger partial charge in [-0.15, -0.1) is 0 Å². The maximum atomic E-state index is 12.5. The van der Waals surface area contributed by atoms with Gasteiger partial charge in [0.15, 0.2) is 0 Å². The van der Waals surface area contributed by atoms with Crippen molar-refractivity contribution < 1.29 is 24.5 Å². The average Bonchev–Trinajstić information content (AvgIpc) is 3.36. The third-order valence-electron chi connectivity index (χ3n) is 14.7. The molecule has 2 unspecified atom stereocenters. The van der Waals surface area contributed by atoms with Gasteiger partial charge in [-0.25, -0.2) is 0 Å². The first-order valence-corrected chi connectivity index (χ1v) is 31.6. The van der Waals surface area contributed by atoms with Gasteiger partial charge in [0, 0.05) is 12.8 Å². The highest BCUT2D eigenvalue weighted by molar-refractivity contribution is 5.76. The van der Waals surface area contributed by atoms with Gasteiger partial charge < -0.3 is 20.3 Å². The first-order valence-electron chi connectivity index (χ1n) is 31.6. The Morgan fingerprint density at radius 2 is 0.671 bits per heavy atom. The van der Waals surface area contributed by atoms with Gasteiger partial charge in [-0.2, -0.15) is 0 Å². The van der Waals surface area contributed by atoms with Crippen molar-refractivity contribution in [3.63, 3.8) is 0 Å². The molecule has 0 spiro atoms. The number of unbranched alkanes of at least 4 members (excludes halogenated alkanes) is 46. The summed E-state index contributed by atoms with van der Waals surface area (Å²) in [5, 5.41) is 23.2. The highest BCUT2D eigenvalue weighted by atomic mass is 16.5. The van der Waals surface area contributed by atoms with E-state index in [1.807, 2.05) is 6.08 Å². The summed E-state index contributed by atoms with van der Waals surface area (Å²) < 4.78 is 5.48. The Bertz CT molecular complexity index is 1090. The van der Waals surface area contributed by atoms with Crippen molar-refractivity contribution in [3.05, 3.63) is 24.3 Å². The van der Waals surface area contributed by atoms with E-state index in [1.165, 1.54) is 263 Å². The van der Waals surface area contributed by atoms with E-state index in [0.29, 0.717) is 19.4 Å². The molecule has 6 heteroatoms. The molecule has 0 aromatic rings. The lowest BCUT2D eigenvalue weighted by Crippen LogP contribution is -2.45. The third-order valence-corrected chi connectivity index (χ3v) is 14.7. The van der Waals surface area contributed by atoms with E-state index in [1.54, 1.807) is 6.08 Å². The summed E-state index contributed by atoms with van der Waals surface area (Å²) >= 11 is 0. The van der Waals surface area contributed by atoms with Crippen molar-refractivity contribution >= 4 is 11.9 Å². The third kappa shape index (κ3) is 55.7. The Hall–Kier alpha value is -1.66. The summed E-state index contributed by atoms with van der Waals surface area (Å²) in [4.78, 5) is 24.6. The summed E-state index contributed by atoms with van der Waals surface area (Å²) in [6.45, 7) is 4.90. The molecule has 70 heavy (non-hydrogen) atoms. The van der Waals surface area contributed by atoms with Crippen molar-refractivity contribution in [3.8, 4) is 0 Å². The average molecular weight is 987 g/mol. The molecule has 2 atom stereocenters. The number of hydrogen-bond acceptors (Lipinski definition) is 5. The minimum atomic E-state index is -0.853. The quantitative estimate of drug-likeness (QED) is 0.0321. The molecule has 0 aliphatic heterocycles. The Morgan fingerprint density at radius 3 is 1.01 bits per heavy atom. The van der Waals surface area contributed by atoms with Crippen molar-refractivity contribution in [2.75, 3.05) is 13.2 Å². The van der Waals surface area contributed by atoms with Crippen LogP contribution in [0.15, 0.2) is 24.3 Å². The van der Waals surface area contributed by atoms with Crippen LogP contribution in [0.1, 0.15) is 348 Å². The number of aliphatic hydroxyl groups excluding tert-OH is 2. The second-order valence-corrected chi connectivity index (χ2v) is 21.7. The molecule has 0 fully saturated rings. The highest BCUT2D eigenvalue weighted by Gasteiger charge is 2.18. The largest absolute Gasteiger partial charge is 0.466 e. The fourth-order valence-corrected chi connectivity index (χ4v) is 9.87. The van der Waals surface area contributed by atoms with E-state index < -0.39 is 12.1 Å². The number of carbonyl (C=O) groups is 2. The molecule has 414 valence electrons. The predicted octanol–water partition coefficient (Wildman–Crippen LogP) is 19.8. The van der Waals surface area contributed by atoms with Crippen LogP contribution in [0.5, 0.6) is 0 Å². The summed E-state index contributed by atoms with van der Waals surface area (Å²) in [7, 11) is 0. The number of rotatable bonds is 59. The molecule has 0 saturated heterocycles. The number of hydrogen-bond donors (Lipinski definition) is 3. The number of esters is 1. The van der Waals surface area contributed by atoms with Gasteiger partial charge in [0.05, 0.1) is 25.4 Å². The maximum Gasteiger partial charge on any atom is 0.305 e. The zero-order chi connectivity index (χ0) is 50.7. The number of carbonyl (C=O) groups excluding carboxylic acids is 2. The van der Waals surface area contributed by atoms with Gasteiger partial charge in [-0.05, 0) is 57.8 Å². The van der Waals surface area contributed by atoms with Crippen molar-refractivity contribution in [2.45, 2.75) is 360 Å². The Morgan fingerprint density at radius 1 is 0.386 bits per heavy atom. The second-order valence-electron chi connectivity index (χ2n) is 21.7. The van der Waals surface area contributed by atoms with Gasteiger partial charge in [-0.1, -0.05) is 301 Å². The number of ether oxygens (including phenoxy) is 1. The van der Waals surface area contributed by atoms with Gasteiger partial charge >= 0.3 is 5.97 Å². The molecule has 0 saturated carbocycles. The van der Waals surface area contributed by atoms with Crippen LogP contribution in [0.2, 0.25) is 0 Å². The summed E-state index contributed by atoms with van der Waals surface area (Å²) in [5.41, 5.74) is 0. The van der Waals surface area contributed by atoms with Crippen LogP contribution < -0.4 is 5.32 Å². The molecule has 1 amide bonds. The van der Waals surface area contributed by atoms with E-state index in [2.05, 4.69) is 31.3 Å². The van der Waals surface area contributed by atoms with Crippen LogP contribution in [0.3, 0.4) is 0 Å². The molecule has 6 nitrogen and oxygen atoms in total. The molecule has 0 aliphatic rings. The van der Waals surface area contributed by atoms with Crippen LogP contribution in [0.25, 0.3) is 0 Å². The standard InChI is InChI=1S/C64H123NO5/c1-3-5-7-9-11-13-15-17-19-21-22-23-24-25-26-27-28-32-36-40-44-48-52-56-62(67)61(60-66)65-63(68)57-53-49-45-41-37-33-30-31-35-39-43-47-51-55-59-70-64(69)58-54-50-46-42-38-34-29-20-18-16-14-12-10-8-6-4-2/h20,29,52,56,61-62,66-67H,3-19,21-28,30-51,53-55,57-60H2,1-2H3,(H,65,68)/b29-20-,56-52+. The minimum Gasteiger partial charge on any atom is -0.466 e. The molecule has 0 aromatic heterocycles. The molecule has 0 radical (unpaired) electrons. The molecule has 0 heterocycles. The van der Waals surface area contributed by atoms with Gasteiger partial charge in [-0.3, -0.25) is 9.59 Å². The van der Waals surface area contributed by atoms with Gasteiger partial charge in [0.25, 0.3) is 0 Å². The number of nitrogens with one attached hydrogen (secondary N) is 1. The van der Waals surface area contributed by atoms with E-state index in [9.17, 15) is 19.8 Å². The van der Waals surface area contributed by atoms with Crippen molar-refractivity contribution in [1.82, 2.24) is 5.32 Å². The van der Waals surface area contributed by atoms with Crippen LogP contribution >= 0.6 is 0 Å². The SMILES string of the molecule is CCCCCCCCC/C=C\CCCCCCCC(=O)OCCCCCCCCCCCCCCCCC(=O)NC(CO)C(O)/C=C/CCCCCCCCCCCCCCCCCCCCCCC. The van der Waals surface area contributed by atoms with E-state index in [0.717, 1.165) is 57.8 Å². The second kappa shape index (κ2) is 59.9. The Kier molecular flexibility index (Phi) is 58.5. The first kappa shape index (κ1) is 68.3. The molecule has 0 bridgehead atoms. The molecule has 3 N–H and O–H groups in total. The smallest absolute Gasteiger partial charge is 0.305 e. The molecule has 0 aromatic carbocycles. The number of amides is 1. The molecule has 0 rings (SSSR count). The molecular formula is C64H123NO5. The summed E-state index contributed by atoms with van der Waals surface area (Å²) in [6.07, 6.45) is 73.5. The molecule has 0 aliphatic carbocycles. The fourth-order valence-electron chi connectivity index (χ4n) is 9.87. The van der Waals surface area contributed by atoms with Crippen LogP contribution in [-0.4, -0.2) is 47.4 Å². The lowest BCUT2D eigenvalue weighted by atomic mass is 10.0. The Labute approximate surface area is 437 Å². The summed E-state index contributed by atoms with van der Waals surface area (Å²) in [5.74, 6) is -0.0852. The lowest BCUT2D eigenvalue weighted by Gasteiger charge is -2.20. The monoisotopic (exact) mass is 986 g/mol. The van der Waals surface area contributed by atoms with Gasteiger partial charge in [0.1, 0.15) is 0 Å². The van der Waals surface area contributed by atoms with Crippen molar-refractivity contribution in [1.29, 1.82) is 0 Å². The maximum absolute atomic E-state index is 12.5. The van der Waals surface area contributed by atoms with E-state index in [4.69, 9.17) is 4.74 Å².